The second-order valence-electron chi connectivity index (χ2n) is 6.70. The molecule has 31 heavy (non-hydrogen) atoms. The fourth-order valence-electron chi connectivity index (χ4n) is 3.06. The predicted molar refractivity (Wildman–Crippen MR) is 116 cm³/mol. The zero-order valence-electron chi connectivity index (χ0n) is 16.4. The first-order chi connectivity index (χ1) is 14.8. The average molecular weight is 444 g/mol. The van der Waals surface area contributed by atoms with Crippen LogP contribution in [0.2, 0.25) is 0 Å². The molecule has 0 unspecified atom stereocenters. The highest BCUT2D eigenvalue weighted by Crippen LogP contribution is 2.26. The lowest BCUT2D eigenvalue weighted by atomic mass is 10.1. The summed E-state index contributed by atoms with van der Waals surface area (Å²) >= 11 is 5.18. The number of hydrogen-bond acceptors (Lipinski definition) is 7. The molecule has 0 aromatic heterocycles. The van der Waals surface area contributed by atoms with E-state index in [0.29, 0.717) is 32.0 Å². The van der Waals surface area contributed by atoms with E-state index in [-0.39, 0.29) is 28.5 Å². The van der Waals surface area contributed by atoms with E-state index in [9.17, 15) is 19.7 Å². The highest BCUT2D eigenvalue weighted by molar-refractivity contribution is 7.80. The topological polar surface area (TPSA) is 134 Å². The lowest BCUT2D eigenvalue weighted by Crippen LogP contribution is -2.41. The molecule has 1 aliphatic rings. The Balaban J connectivity index is 1.69. The number of amides is 1. The molecule has 1 saturated heterocycles. The van der Waals surface area contributed by atoms with Crippen LogP contribution in [-0.2, 0) is 11.3 Å². The number of thiocarbonyl (C=S) groups is 1. The standard InChI is InChI=1S/C20H20N4O6S/c25-18(22-20(31)21-12-13-1-3-14(4-2-13)19(26)27)16-11-15(24(28)29)5-6-17(16)23-7-9-30-10-8-23/h1-6,11H,7-10,12H2,(H,26,27)(H2,21,22,25,31). The molecule has 0 radical (unpaired) electrons. The van der Waals surface area contributed by atoms with Crippen LogP contribution in [0.15, 0.2) is 42.5 Å². The van der Waals surface area contributed by atoms with Gasteiger partial charge in [-0.15, -0.1) is 0 Å². The van der Waals surface area contributed by atoms with Gasteiger partial charge in [0.1, 0.15) is 0 Å². The number of hydrogen-bond donors (Lipinski definition) is 3. The Hall–Kier alpha value is -3.57. The second-order valence-corrected chi connectivity index (χ2v) is 7.11. The van der Waals surface area contributed by atoms with Crippen molar-refractivity contribution < 1.29 is 24.4 Å². The first-order valence-electron chi connectivity index (χ1n) is 9.37. The molecule has 0 aliphatic carbocycles. The van der Waals surface area contributed by atoms with Gasteiger partial charge in [0.25, 0.3) is 11.6 Å². The zero-order valence-corrected chi connectivity index (χ0v) is 17.2. The quantitative estimate of drug-likeness (QED) is 0.347. The Labute approximate surface area is 183 Å². The summed E-state index contributed by atoms with van der Waals surface area (Å²) < 4.78 is 5.33. The zero-order chi connectivity index (χ0) is 22.4. The third kappa shape index (κ3) is 5.74. The van der Waals surface area contributed by atoms with Crippen molar-refractivity contribution >= 4 is 40.6 Å². The maximum Gasteiger partial charge on any atom is 0.335 e. The van der Waals surface area contributed by atoms with Crippen LogP contribution in [0.3, 0.4) is 0 Å². The van der Waals surface area contributed by atoms with Crippen LogP contribution in [0.1, 0.15) is 26.3 Å². The first kappa shape index (κ1) is 22.1. The van der Waals surface area contributed by atoms with Gasteiger partial charge in [-0.3, -0.25) is 20.2 Å². The number of anilines is 1. The summed E-state index contributed by atoms with van der Waals surface area (Å²) in [6, 6.07) is 10.4. The van der Waals surface area contributed by atoms with E-state index >= 15 is 0 Å². The monoisotopic (exact) mass is 444 g/mol. The lowest BCUT2D eigenvalue weighted by molar-refractivity contribution is -0.384. The van der Waals surface area contributed by atoms with Crippen molar-refractivity contribution in [2.24, 2.45) is 0 Å². The number of carbonyl (C=O) groups is 2. The number of carboxylic acid groups (broad SMARTS) is 1. The number of carbonyl (C=O) groups excluding carboxylic acids is 1. The molecule has 2 aromatic carbocycles. The Morgan fingerprint density at radius 1 is 1.16 bits per heavy atom. The number of nitro groups is 1. The molecule has 0 saturated carbocycles. The number of benzene rings is 2. The Bertz CT molecular complexity index is 1010. The van der Waals surface area contributed by atoms with E-state index in [4.69, 9.17) is 22.1 Å². The molecular formula is C20H20N4O6S. The molecule has 2 aromatic rings. The van der Waals surface area contributed by atoms with Gasteiger partial charge in [0, 0.05) is 31.8 Å². The SMILES string of the molecule is O=C(O)c1ccc(CNC(=S)NC(=O)c2cc([N+](=O)[O-])ccc2N2CCOCC2)cc1. The maximum atomic E-state index is 12.8. The highest BCUT2D eigenvalue weighted by Gasteiger charge is 2.22. The molecule has 3 N–H and O–H groups in total. The maximum absolute atomic E-state index is 12.8. The van der Waals surface area contributed by atoms with Gasteiger partial charge in [-0.25, -0.2) is 4.79 Å². The molecule has 0 atom stereocenters. The van der Waals surface area contributed by atoms with Crippen LogP contribution in [0.25, 0.3) is 0 Å². The summed E-state index contributed by atoms with van der Waals surface area (Å²) in [5.41, 5.74) is 1.45. The molecule has 162 valence electrons. The van der Waals surface area contributed by atoms with Gasteiger partial charge in [0.2, 0.25) is 0 Å². The molecule has 3 rings (SSSR count). The minimum absolute atomic E-state index is 0.0479. The summed E-state index contributed by atoms with van der Waals surface area (Å²) in [7, 11) is 0. The van der Waals surface area contributed by atoms with Gasteiger partial charge in [0.15, 0.2) is 5.11 Å². The molecule has 10 nitrogen and oxygen atoms in total. The smallest absolute Gasteiger partial charge is 0.335 e. The Kier molecular flexibility index (Phi) is 7.11. The number of rotatable bonds is 6. The van der Waals surface area contributed by atoms with Gasteiger partial charge in [0.05, 0.1) is 35.0 Å². The van der Waals surface area contributed by atoms with Crippen molar-refractivity contribution in [2.45, 2.75) is 6.54 Å². The summed E-state index contributed by atoms with van der Waals surface area (Å²) in [5, 5.41) is 25.6. The van der Waals surface area contributed by atoms with Gasteiger partial charge in [-0.05, 0) is 36.0 Å². The van der Waals surface area contributed by atoms with E-state index in [0.717, 1.165) is 5.56 Å². The Morgan fingerprint density at radius 3 is 2.45 bits per heavy atom. The van der Waals surface area contributed by atoms with Crippen molar-refractivity contribution in [1.82, 2.24) is 10.6 Å². The van der Waals surface area contributed by atoms with Crippen LogP contribution in [0, 0.1) is 10.1 Å². The van der Waals surface area contributed by atoms with E-state index in [1.54, 1.807) is 18.2 Å². The van der Waals surface area contributed by atoms with Crippen LogP contribution in [0.4, 0.5) is 11.4 Å². The van der Waals surface area contributed by atoms with E-state index in [1.165, 1.54) is 24.3 Å². The fraction of sp³-hybridized carbons (Fsp3) is 0.250. The molecule has 1 fully saturated rings. The molecular weight excluding hydrogens is 424 g/mol. The van der Waals surface area contributed by atoms with Crippen molar-refractivity contribution in [3.8, 4) is 0 Å². The van der Waals surface area contributed by atoms with Gasteiger partial charge < -0.3 is 20.1 Å². The molecule has 0 spiro atoms. The predicted octanol–water partition coefficient (Wildman–Crippen LogP) is 1.93. The van der Waals surface area contributed by atoms with E-state index < -0.39 is 16.8 Å². The second kappa shape index (κ2) is 9.96. The number of carboxylic acids is 1. The molecule has 1 aliphatic heterocycles. The third-order valence-corrected chi connectivity index (χ3v) is 4.91. The van der Waals surface area contributed by atoms with Gasteiger partial charge in [-0.1, -0.05) is 12.1 Å². The minimum atomic E-state index is -1.02. The van der Waals surface area contributed by atoms with Crippen molar-refractivity contribution in [2.75, 3.05) is 31.2 Å². The summed E-state index contributed by atoms with van der Waals surface area (Å²) in [6.07, 6.45) is 0. The highest BCUT2D eigenvalue weighted by atomic mass is 32.1. The third-order valence-electron chi connectivity index (χ3n) is 4.67. The molecule has 11 heteroatoms. The largest absolute Gasteiger partial charge is 0.478 e. The normalized spacial score (nSPS) is 13.4. The number of nitrogens with one attached hydrogen (secondary N) is 2. The fourth-order valence-corrected chi connectivity index (χ4v) is 3.23. The number of ether oxygens (including phenoxy) is 1. The number of morpholine rings is 1. The molecule has 1 amide bonds. The van der Waals surface area contributed by atoms with Gasteiger partial charge in [-0.2, -0.15) is 0 Å². The number of nitrogens with zero attached hydrogens (tertiary/aromatic N) is 2. The first-order valence-corrected chi connectivity index (χ1v) is 9.78. The van der Waals surface area contributed by atoms with Gasteiger partial charge >= 0.3 is 5.97 Å². The number of nitro benzene ring substituents is 1. The summed E-state index contributed by atoms with van der Waals surface area (Å²) in [5.74, 6) is -1.58. The van der Waals surface area contributed by atoms with Crippen LogP contribution < -0.4 is 15.5 Å². The summed E-state index contributed by atoms with van der Waals surface area (Å²) in [4.78, 5) is 36.3. The minimum Gasteiger partial charge on any atom is -0.478 e. The van der Waals surface area contributed by atoms with Crippen LogP contribution in [0.5, 0.6) is 0 Å². The van der Waals surface area contributed by atoms with Crippen LogP contribution in [-0.4, -0.2) is 53.3 Å². The summed E-state index contributed by atoms with van der Waals surface area (Å²) in [6.45, 7) is 2.39. The van der Waals surface area contributed by atoms with Crippen molar-refractivity contribution in [3.05, 3.63) is 69.3 Å². The lowest BCUT2D eigenvalue weighted by Gasteiger charge is -2.30. The van der Waals surface area contributed by atoms with Crippen LogP contribution >= 0.6 is 12.2 Å². The number of non-ortho nitro benzene ring substituents is 1. The molecule has 0 bridgehead atoms. The van der Waals surface area contributed by atoms with E-state index in [2.05, 4.69) is 10.6 Å². The van der Waals surface area contributed by atoms with Crippen molar-refractivity contribution in [3.63, 3.8) is 0 Å². The average Bonchev–Trinajstić information content (AvgIpc) is 2.78. The number of aromatic carboxylic acids is 1. The Morgan fingerprint density at radius 2 is 1.84 bits per heavy atom. The van der Waals surface area contributed by atoms with E-state index in [1.807, 2.05) is 4.90 Å². The molecule has 1 heterocycles. The van der Waals surface area contributed by atoms with Crippen molar-refractivity contribution in [1.29, 1.82) is 0 Å².